The number of nitrogens with two attached hydrogens (primary N) is 1. The second-order valence-corrected chi connectivity index (χ2v) is 6.01. The molecular formula is C11H14N2O5S. The average Bonchev–Trinajstić information content (AvgIpc) is 2.39. The van der Waals surface area contributed by atoms with E-state index >= 15 is 0 Å². The largest absolute Gasteiger partial charge is 0.478 e. The fourth-order valence-corrected chi connectivity index (χ4v) is 3.25. The van der Waals surface area contributed by atoms with Gasteiger partial charge < -0.3 is 15.6 Å². The molecule has 2 rings (SSSR count). The molecule has 0 aliphatic carbocycles. The minimum atomic E-state index is -3.70. The predicted octanol–water partition coefficient (Wildman–Crippen LogP) is -0.0121. The average molecular weight is 286 g/mol. The van der Waals surface area contributed by atoms with Gasteiger partial charge in [-0.1, -0.05) is 0 Å². The van der Waals surface area contributed by atoms with Crippen LogP contribution in [-0.2, 0) is 14.8 Å². The minimum absolute atomic E-state index is 0.0356. The lowest BCUT2D eigenvalue weighted by atomic mass is 10.2. The lowest BCUT2D eigenvalue weighted by Gasteiger charge is -2.26. The van der Waals surface area contributed by atoms with Crippen LogP contribution in [0.25, 0.3) is 0 Å². The molecule has 7 nitrogen and oxygen atoms in total. The molecule has 8 heteroatoms. The molecule has 19 heavy (non-hydrogen) atoms. The number of carboxylic acids is 1. The Morgan fingerprint density at radius 3 is 2.53 bits per heavy atom. The number of nitrogen functional groups attached to an aromatic ring is 1. The van der Waals surface area contributed by atoms with Crippen LogP contribution in [0.4, 0.5) is 5.69 Å². The molecule has 0 unspecified atom stereocenters. The molecule has 0 radical (unpaired) electrons. The van der Waals surface area contributed by atoms with Crippen molar-refractivity contribution in [2.75, 3.05) is 32.0 Å². The van der Waals surface area contributed by atoms with Gasteiger partial charge in [-0.15, -0.1) is 0 Å². The molecule has 0 spiro atoms. The fourth-order valence-electron chi connectivity index (χ4n) is 1.82. The Bertz CT molecular complexity index is 593. The molecule has 104 valence electrons. The molecule has 0 aromatic heterocycles. The molecule has 0 amide bonds. The smallest absolute Gasteiger partial charge is 0.337 e. The van der Waals surface area contributed by atoms with Gasteiger partial charge in [0.1, 0.15) is 0 Å². The topological polar surface area (TPSA) is 110 Å². The zero-order chi connectivity index (χ0) is 14.0. The fraction of sp³-hybridized carbons (Fsp3) is 0.364. The van der Waals surface area contributed by atoms with Crippen molar-refractivity contribution in [2.45, 2.75) is 4.90 Å². The van der Waals surface area contributed by atoms with Crippen molar-refractivity contribution in [1.29, 1.82) is 0 Å². The van der Waals surface area contributed by atoms with E-state index in [1.54, 1.807) is 0 Å². The number of carbonyl (C=O) groups is 1. The van der Waals surface area contributed by atoms with Crippen LogP contribution < -0.4 is 5.73 Å². The van der Waals surface area contributed by atoms with Gasteiger partial charge in [0.25, 0.3) is 0 Å². The zero-order valence-electron chi connectivity index (χ0n) is 10.1. The molecule has 1 aliphatic rings. The summed E-state index contributed by atoms with van der Waals surface area (Å²) in [6.07, 6.45) is 0. The van der Waals surface area contributed by atoms with Gasteiger partial charge in [-0.05, 0) is 18.2 Å². The van der Waals surface area contributed by atoms with Gasteiger partial charge in [0.15, 0.2) is 0 Å². The van der Waals surface area contributed by atoms with E-state index in [9.17, 15) is 13.2 Å². The summed E-state index contributed by atoms with van der Waals surface area (Å²) in [7, 11) is -3.70. The van der Waals surface area contributed by atoms with E-state index in [-0.39, 0.29) is 29.2 Å². The van der Waals surface area contributed by atoms with Crippen molar-refractivity contribution >= 4 is 21.7 Å². The van der Waals surface area contributed by atoms with Crippen LogP contribution in [0.15, 0.2) is 23.1 Å². The van der Waals surface area contributed by atoms with E-state index < -0.39 is 16.0 Å². The van der Waals surface area contributed by atoms with Crippen molar-refractivity contribution in [1.82, 2.24) is 4.31 Å². The Balaban J connectivity index is 2.40. The van der Waals surface area contributed by atoms with E-state index in [2.05, 4.69) is 0 Å². The SMILES string of the molecule is Nc1ccc(S(=O)(=O)N2CCOCC2)cc1C(=O)O. The molecule has 1 aromatic carbocycles. The summed E-state index contributed by atoms with van der Waals surface area (Å²) in [6, 6.07) is 3.69. The highest BCUT2D eigenvalue weighted by Gasteiger charge is 2.27. The third-order valence-corrected chi connectivity index (χ3v) is 4.76. The van der Waals surface area contributed by atoms with Crippen LogP contribution in [0.1, 0.15) is 10.4 Å². The summed E-state index contributed by atoms with van der Waals surface area (Å²) in [6.45, 7) is 1.18. The second-order valence-electron chi connectivity index (χ2n) is 4.07. The summed E-state index contributed by atoms with van der Waals surface area (Å²) >= 11 is 0. The number of ether oxygens (including phenoxy) is 1. The highest BCUT2D eigenvalue weighted by atomic mass is 32.2. The standard InChI is InChI=1S/C11H14N2O5S/c12-10-2-1-8(7-9(10)11(14)15)19(16,17)13-3-5-18-6-4-13/h1-2,7H,3-6,12H2,(H,14,15). The number of hydrogen-bond acceptors (Lipinski definition) is 5. The number of morpholine rings is 1. The maximum Gasteiger partial charge on any atom is 0.337 e. The van der Waals surface area contributed by atoms with Crippen molar-refractivity contribution in [3.8, 4) is 0 Å². The van der Waals surface area contributed by atoms with Gasteiger partial charge in [0.05, 0.1) is 23.7 Å². The van der Waals surface area contributed by atoms with Crippen LogP contribution in [0.5, 0.6) is 0 Å². The van der Waals surface area contributed by atoms with Crippen LogP contribution in [0, 0.1) is 0 Å². The Labute approximate surface area is 110 Å². The summed E-state index contributed by atoms with van der Waals surface area (Å²) in [5.74, 6) is -1.25. The van der Waals surface area contributed by atoms with Gasteiger partial charge in [0, 0.05) is 18.8 Å². The number of hydrogen-bond donors (Lipinski definition) is 2. The van der Waals surface area contributed by atoms with Crippen LogP contribution in [-0.4, -0.2) is 50.1 Å². The van der Waals surface area contributed by atoms with Gasteiger partial charge in [-0.3, -0.25) is 0 Å². The van der Waals surface area contributed by atoms with E-state index in [1.807, 2.05) is 0 Å². The number of sulfonamides is 1. The number of rotatable bonds is 3. The van der Waals surface area contributed by atoms with Crippen LogP contribution >= 0.6 is 0 Å². The third-order valence-electron chi connectivity index (χ3n) is 2.86. The Hall–Kier alpha value is -1.64. The summed E-state index contributed by atoms with van der Waals surface area (Å²) in [5, 5.41) is 8.96. The third kappa shape index (κ3) is 2.70. The summed E-state index contributed by atoms with van der Waals surface area (Å²) < 4.78 is 31.0. The summed E-state index contributed by atoms with van der Waals surface area (Å²) in [4.78, 5) is 10.9. The second kappa shape index (κ2) is 5.16. The predicted molar refractivity (Wildman–Crippen MR) is 67.4 cm³/mol. The van der Waals surface area contributed by atoms with E-state index in [0.717, 1.165) is 6.07 Å². The molecule has 0 bridgehead atoms. The van der Waals surface area contributed by atoms with Crippen molar-refractivity contribution in [3.63, 3.8) is 0 Å². The zero-order valence-corrected chi connectivity index (χ0v) is 10.9. The van der Waals surface area contributed by atoms with E-state index in [1.165, 1.54) is 16.4 Å². The first kappa shape index (κ1) is 13.8. The number of aromatic carboxylic acids is 1. The number of anilines is 1. The van der Waals surface area contributed by atoms with Gasteiger partial charge in [-0.25, -0.2) is 13.2 Å². The number of benzene rings is 1. The molecule has 1 saturated heterocycles. The highest BCUT2D eigenvalue weighted by molar-refractivity contribution is 7.89. The van der Waals surface area contributed by atoms with Crippen LogP contribution in [0.2, 0.25) is 0 Å². The van der Waals surface area contributed by atoms with Crippen LogP contribution in [0.3, 0.4) is 0 Å². The molecular weight excluding hydrogens is 272 g/mol. The molecule has 1 aromatic rings. The van der Waals surface area contributed by atoms with Crippen molar-refractivity contribution in [3.05, 3.63) is 23.8 Å². The maximum absolute atomic E-state index is 12.3. The molecule has 1 fully saturated rings. The normalized spacial score (nSPS) is 17.3. The van der Waals surface area contributed by atoms with Gasteiger partial charge in [-0.2, -0.15) is 4.31 Å². The first-order valence-corrected chi connectivity index (χ1v) is 7.07. The molecule has 1 aliphatic heterocycles. The first-order chi connectivity index (χ1) is 8.93. The van der Waals surface area contributed by atoms with E-state index in [4.69, 9.17) is 15.6 Å². The summed E-state index contributed by atoms with van der Waals surface area (Å²) in [5.41, 5.74) is 5.32. The van der Waals surface area contributed by atoms with Gasteiger partial charge >= 0.3 is 5.97 Å². The van der Waals surface area contributed by atoms with Gasteiger partial charge in [0.2, 0.25) is 10.0 Å². The molecule has 0 saturated carbocycles. The molecule has 3 N–H and O–H groups in total. The first-order valence-electron chi connectivity index (χ1n) is 5.63. The molecule has 0 atom stereocenters. The maximum atomic E-state index is 12.3. The van der Waals surface area contributed by atoms with Crippen molar-refractivity contribution < 1.29 is 23.1 Å². The lowest BCUT2D eigenvalue weighted by molar-refractivity contribution is 0.0697. The Kier molecular flexibility index (Phi) is 3.74. The monoisotopic (exact) mass is 286 g/mol. The Morgan fingerprint density at radius 2 is 1.95 bits per heavy atom. The highest BCUT2D eigenvalue weighted by Crippen LogP contribution is 2.21. The minimum Gasteiger partial charge on any atom is -0.478 e. The number of nitrogens with zero attached hydrogens (tertiary/aromatic N) is 1. The molecule has 1 heterocycles. The van der Waals surface area contributed by atoms with Crippen molar-refractivity contribution in [2.24, 2.45) is 0 Å². The quantitative estimate of drug-likeness (QED) is 0.756. The lowest BCUT2D eigenvalue weighted by Crippen LogP contribution is -2.40. The Morgan fingerprint density at radius 1 is 1.32 bits per heavy atom. The number of carboxylic acid groups (broad SMARTS) is 1. The van der Waals surface area contributed by atoms with E-state index in [0.29, 0.717) is 13.2 Å².